The van der Waals surface area contributed by atoms with Crippen LogP contribution in [-0.2, 0) is 20.4 Å². The van der Waals surface area contributed by atoms with Gasteiger partial charge in [0.15, 0.2) is 5.71 Å². The van der Waals surface area contributed by atoms with Crippen LogP contribution in [0.2, 0.25) is 0 Å². The first kappa shape index (κ1) is 29.9. The number of esters is 1. The minimum absolute atomic E-state index is 0. The van der Waals surface area contributed by atoms with Crippen molar-refractivity contribution in [3.63, 3.8) is 0 Å². The number of rotatable bonds is 9. The zero-order valence-electron chi connectivity index (χ0n) is 23.6. The van der Waals surface area contributed by atoms with E-state index in [1.165, 1.54) is 41.0 Å². The van der Waals surface area contributed by atoms with Crippen LogP contribution in [0.4, 0.5) is 11.4 Å². The predicted octanol–water partition coefficient (Wildman–Crippen LogP) is 4.22. The average molecular weight is 625 g/mol. The molecule has 0 aromatic heterocycles. The lowest BCUT2D eigenvalue weighted by molar-refractivity contribution is -0.401. The van der Waals surface area contributed by atoms with Crippen molar-refractivity contribution < 1.29 is 38.1 Å². The number of fused-ring (bicyclic) bond motifs is 2. The summed E-state index contributed by atoms with van der Waals surface area (Å²) < 4.78 is 7.08. The Morgan fingerprint density at radius 2 is 1.58 bits per heavy atom. The molecule has 0 N–H and O–H groups in total. The fourth-order valence-electron chi connectivity index (χ4n) is 5.86. The van der Waals surface area contributed by atoms with Gasteiger partial charge in [-0.25, -0.2) is 0 Å². The molecule has 4 rings (SSSR count). The molecule has 2 aromatic carbocycles. The van der Waals surface area contributed by atoms with Crippen LogP contribution in [0, 0.1) is 0 Å². The highest BCUT2D eigenvalue weighted by Crippen LogP contribution is 2.47. The van der Waals surface area contributed by atoms with E-state index in [0.717, 1.165) is 25.8 Å². The largest absolute Gasteiger partial charge is 1.00 e. The standard InChI is InChI=1S/C33H41N2O2.HI/c1-32(2)25-17-12-14-19-27(25)34(5)29(32)21-9-7-10-22-30-33(3,4)26-18-13-15-20-28(26)35(30)24-16-8-11-23-31(36)37-6;/h7,9-10,12-15,17-22H,8,11,16,23-24H2,1-6H3;1H/q+1;/p-1. The molecule has 0 unspecified atom stereocenters. The third-order valence-electron chi connectivity index (χ3n) is 7.96. The summed E-state index contributed by atoms with van der Waals surface area (Å²) in [5.74, 6) is -0.124. The smallest absolute Gasteiger partial charge is 0.305 e. The molecule has 0 amide bonds. The van der Waals surface area contributed by atoms with Crippen LogP contribution in [0.15, 0.2) is 84.6 Å². The number of allylic oxidation sites excluding steroid dienone is 6. The number of benzene rings is 2. The van der Waals surface area contributed by atoms with E-state index in [2.05, 4.69) is 123 Å². The topological polar surface area (TPSA) is 32.5 Å². The molecule has 2 aliphatic rings. The molecule has 2 aliphatic heterocycles. The van der Waals surface area contributed by atoms with Gasteiger partial charge in [0.05, 0.1) is 12.5 Å². The van der Waals surface area contributed by atoms with Crippen molar-refractivity contribution in [1.82, 2.24) is 0 Å². The number of ether oxygens (including phenoxy) is 1. The number of para-hydroxylation sites is 2. The van der Waals surface area contributed by atoms with Gasteiger partial charge in [0.25, 0.3) is 0 Å². The van der Waals surface area contributed by atoms with Crippen LogP contribution in [-0.4, -0.2) is 37.0 Å². The van der Waals surface area contributed by atoms with Crippen molar-refractivity contribution in [1.29, 1.82) is 0 Å². The summed E-state index contributed by atoms with van der Waals surface area (Å²) in [6, 6.07) is 17.4. The first-order valence-corrected chi connectivity index (χ1v) is 13.4. The zero-order chi connectivity index (χ0) is 26.6. The summed E-state index contributed by atoms with van der Waals surface area (Å²) in [6.45, 7) is 10.1. The van der Waals surface area contributed by atoms with Gasteiger partial charge in [-0.3, -0.25) is 4.79 Å². The van der Waals surface area contributed by atoms with Crippen molar-refractivity contribution in [3.05, 3.63) is 95.7 Å². The fraction of sp³-hybridized carbons (Fsp3) is 0.394. The summed E-state index contributed by atoms with van der Waals surface area (Å²) in [4.78, 5) is 13.9. The van der Waals surface area contributed by atoms with E-state index < -0.39 is 0 Å². The molecule has 0 aliphatic carbocycles. The van der Waals surface area contributed by atoms with E-state index in [1.54, 1.807) is 0 Å². The van der Waals surface area contributed by atoms with E-state index in [0.29, 0.717) is 6.42 Å². The first-order chi connectivity index (χ1) is 17.7. The Balaban J connectivity index is 0.00000400. The Morgan fingerprint density at radius 1 is 0.895 bits per heavy atom. The summed E-state index contributed by atoms with van der Waals surface area (Å²) in [6.07, 6.45) is 14.4. The average Bonchev–Trinajstić information content (AvgIpc) is 3.22. The zero-order valence-corrected chi connectivity index (χ0v) is 25.8. The number of anilines is 1. The predicted molar refractivity (Wildman–Crippen MR) is 154 cm³/mol. The fourth-order valence-corrected chi connectivity index (χ4v) is 5.86. The number of carbonyl (C=O) groups excluding carboxylic acids is 1. The van der Waals surface area contributed by atoms with E-state index in [-0.39, 0.29) is 40.8 Å². The molecule has 0 fully saturated rings. The Bertz CT molecular complexity index is 1280. The third kappa shape index (κ3) is 5.83. The van der Waals surface area contributed by atoms with Crippen LogP contribution in [0.25, 0.3) is 0 Å². The molecule has 4 nitrogen and oxygen atoms in total. The van der Waals surface area contributed by atoms with Gasteiger partial charge in [-0.1, -0.05) is 74.9 Å². The number of carbonyl (C=O) groups is 1. The van der Waals surface area contributed by atoms with Gasteiger partial charge in [-0.05, 0) is 44.4 Å². The number of unbranched alkanes of at least 4 members (excludes halogenated alkanes) is 2. The summed E-state index contributed by atoms with van der Waals surface area (Å²) in [5.41, 5.74) is 7.83. The first-order valence-electron chi connectivity index (χ1n) is 13.4. The van der Waals surface area contributed by atoms with Gasteiger partial charge in [0.2, 0.25) is 5.69 Å². The normalized spacial score (nSPS) is 18.3. The highest BCUT2D eigenvalue weighted by Gasteiger charge is 2.42. The van der Waals surface area contributed by atoms with Gasteiger partial charge in [-0.15, -0.1) is 0 Å². The molecule has 0 saturated carbocycles. The minimum Gasteiger partial charge on any atom is -1.00 e. The molecule has 0 radical (unpaired) electrons. The third-order valence-corrected chi connectivity index (χ3v) is 7.96. The number of halogens is 1. The minimum atomic E-state index is -0.124. The maximum atomic E-state index is 11.4. The number of hydrogen-bond acceptors (Lipinski definition) is 3. The SMILES string of the molecule is COC(=O)CCCCCN1\C(=C/C=C/C=C/C2=[N+](C)c3ccccc3C2(C)C)C(C)(C)c2ccccc21.[I-]. The second-order valence-electron chi connectivity index (χ2n) is 11.1. The lowest BCUT2D eigenvalue weighted by Crippen LogP contribution is -3.00. The summed E-state index contributed by atoms with van der Waals surface area (Å²) in [5, 5.41) is 0. The molecular formula is C33H41IN2O2. The van der Waals surface area contributed by atoms with Crippen molar-refractivity contribution >= 4 is 23.1 Å². The van der Waals surface area contributed by atoms with E-state index >= 15 is 0 Å². The van der Waals surface area contributed by atoms with E-state index in [4.69, 9.17) is 4.74 Å². The van der Waals surface area contributed by atoms with Crippen molar-refractivity contribution in [2.24, 2.45) is 0 Å². The van der Waals surface area contributed by atoms with Crippen LogP contribution < -0.4 is 28.9 Å². The van der Waals surface area contributed by atoms with E-state index in [1.807, 2.05) is 0 Å². The molecule has 0 saturated heterocycles. The Kier molecular flexibility index (Phi) is 9.80. The van der Waals surface area contributed by atoms with Gasteiger partial charge >= 0.3 is 5.97 Å². The maximum absolute atomic E-state index is 11.4. The number of methoxy groups -OCH3 is 1. The lowest BCUT2D eigenvalue weighted by atomic mass is 9.81. The molecule has 0 spiro atoms. The Labute approximate surface area is 245 Å². The Hall–Kier alpha value is -2.67. The molecular weight excluding hydrogens is 583 g/mol. The molecule has 0 bridgehead atoms. The van der Waals surface area contributed by atoms with Crippen LogP contribution in [0.1, 0.15) is 64.5 Å². The lowest BCUT2D eigenvalue weighted by Gasteiger charge is -2.27. The molecule has 5 heteroatoms. The molecule has 2 heterocycles. The van der Waals surface area contributed by atoms with Crippen molar-refractivity contribution in [3.8, 4) is 0 Å². The summed E-state index contributed by atoms with van der Waals surface area (Å²) in [7, 11) is 3.61. The van der Waals surface area contributed by atoms with Crippen LogP contribution >= 0.6 is 0 Å². The molecule has 38 heavy (non-hydrogen) atoms. The van der Waals surface area contributed by atoms with Crippen LogP contribution in [0.3, 0.4) is 0 Å². The second kappa shape index (κ2) is 12.5. The van der Waals surface area contributed by atoms with Gasteiger partial charge < -0.3 is 33.6 Å². The Morgan fingerprint density at radius 3 is 2.29 bits per heavy atom. The maximum Gasteiger partial charge on any atom is 0.305 e. The summed E-state index contributed by atoms with van der Waals surface area (Å²) >= 11 is 0. The number of nitrogens with zero attached hydrogens (tertiary/aromatic N) is 2. The van der Waals surface area contributed by atoms with Crippen LogP contribution in [0.5, 0.6) is 0 Å². The van der Waals surface area contributed by atoms with Crippen molar-refractivity contribution in [2.75, 3.05) is 25.6 Å². The molecule has 2 aromatic rings. The van der Waals surface area contributed by atoms with Crippen molar-refractivity contribution in [2.45, 2.75) is 64.2 Å². The van der Waals surface area contributed by atoms with E-state index in [9.17, 15) is 4.79 Å². The van der Waals surface area contributed by atoms with Gasteiger partial charge in [0, 0.05) is 47.5 Å². The highest BCUT2D eigenvalue weighted by atomic mass is 127. The second-order valence-corrected chi connectivity index (χ2v) is 11.1. The van der Waals surface area contributed by atoms with Gasteiger partial charge in [0.1, 0.15) is 7.05 Å². The number of hydrogen-bond donors (Lipinski definition) is 0. The quantitative estimate of drug-likeness (QED) is 0.138. The monoisotopic (exact) mass is 624 g/mol. The molecule has 0 atom stereocenters. The van der Waals surface area contributed by atoms with Gasteiger partial charge in [-0.2, -0.15) is 4.58 Å². The molecule has 202 valence electrons. The highest BCUT2D eigenvalue weighted by molar-refractivity contribution is 6.03.